The Hall–Kier alpha value is -2.77. The lowest BCUT2D eigenvalue weighted by atomic mass is 9.92. The van der Waals surface area contributed by atoms with Crippen LogP contribution in [0.1, 0.15) is 12.5 Å². The molecule has 8 nitrogen and oxygen atoms in total. The fourth-order valence-electron chi connectivity index (χ4n) is 1.99. The number of nitrogens with zero attached hydrogens (tertiary/aromatic N) is 4. The fraction of sp³-hybridized carbons (Fsp3) is 0.182. The van der Waals surface area contributed by atoms with Gasteiger partial charge in [0.15, 0.2) is 0 Å². The first-order chi connectivity index (χ1) is 9.09. The molecule has 2 heterocycles. The summed E-state index contributed by atoms with van der Waals surface area (Å²) in [6.45, 7) is 1.64. The Kier molecular flexibility index (Phi) is 2.31. The Balaban J connectivity index is 2.05. The molecule has 96 valence electrons. The molecule has 1 fully saturated rings. The first-order valence-corrected chi connectivity index (χ1v) is 5.57. The molecule has 2 N–H and O–H groups in total. The van der Waals surface area contributed by atoms with E-state index in [2.05, 4.69) is 26.2 Å². The fourth-order valence-corrected chi connectivity index (χ4v) is 1.99. The molecule has 0 bridgehead atoms. The van der Waals surface area contributed by atoms with Gasteiger partial charge in [-0.15, -0.1) is 5.10 Å². The molecule has 3 rings (SSSR count). The van der Waals surface area contributed by atoms with Crippen molar-refractivity contribution in [3.63, 3.8) is 0 Å². The summed E-state index contributed by atoms with van der Waals surface area (Å²) in [4.78, 5) is 23.1. The van der Waals surface area contributed by atoms with E-state index in [1.165, 1.54) is 11.0 Å². The van der Waals surface area contributed by atoms with E-state index in [0.29, 0.717) is 11.3 Å². The van der Waals surface area contributed by atoms with Gasteiger partial charge in [-0.25, -0.2) is 9.48 Å². The molecule has 1 saturated heterocycles. The van der Waals surface area contributed by atoms with E-state index in [0.717, 1.165) is 0 Å². The molecule has 0 saturated carbocycles. The van der Waals surface area contributed by atoms with E-state index >= 15 is 0 Å². The van der Waals surface area contributed by atoms with Gasteiger partial charge >= 0.3 is 6.03 Å². The van der Waals surface area contributed by atoms with Crippen molar-refractivity contribution in [1.29, 1.82) is 0 Å². The minimum absolute atomic E-state index is 0.383. The number of benzene rings is 1. The second kappa shape index (κ2) is 3.87. The van der Waals surface area contributed by atoms with E-state index in [1.807, 2.05) is 0 Å². The Morgan fingerprint density at radius 1 is 1.32 bits per heavy atom. The lowest BCUT2D eigenvalue weighted by Crippen LogP contribution is -2.40. The average molecular weight is 258 g/mol. The lowest BCUT2D eigenvalue weighted by Gasteiger charge is -2.21. The summed E-state index contributed by atoms with van der Waals surface area (Å²) in [6.07, 6.45) is 1.45. The van der Waals surface area contributed by atoms with Crippen LogP contribution in [0.3, 0.4) is 0 Å². The quantitative estimate of drug-likeness (QED) is 0.721. The van der Waals surface area contributed by atoms with Crippen LogP contribution in [0.15, 0.2) is 30.6 Å². The van der Waals surface area contributed by atoms with Crippen molar-refractivity contribution in [3.8, 4) is 5.69 Å². The van der Waals surface area contributed by atoms with Gasteiger partial charge in [-0.3, -0.25) is 10.1 Å². The number of hydrogen-bond acceptors (Lipinski definition) is 5. The monoisotopic (exact) mass is 258 g/mol. The van der Waals surface area contributed by atoms with Crippen LogP contribution in [-0.2, 0) is 10.3 Å². The number of tetrazole rings is 1. The van der Waals surface area contributed by atoms with Gasteiger partial charge in [0.25, 0.3) is 5.91 Å². The van der Waals surface area contributed by atoms with Gasteiger partial charge in [-0.05, 0) is 35.0 Å². The summed E-state index contributed by atoms with van der Waals surface area (Å²) in [7, 11) is 0. The van der Waals surface area contributed by atoms with Crippen LogP contribution in [0.5, 0.6) is 0 Å². The second-order valence-corrected chi connectivity index (χ2v) is 4.34. The van der Waals surface area contributed by atoms with E-state index in [1.54, 1.807) is 31.2 Å². The molecule has 0 radical (unpaired) electrons. The van der Waals surface area contributed by atoms with E-state index in [4.69, 9.17) is 0 Å². The van der Waals surface area contributed by atoms with Gasteiger partial charge in [-0.1, -0.05) is 12.1 Å². The van der Waals surface area contributed by atoms with Crippen molar-refractivity contribution in [1.82, 2.24) is 30.8 Å². The summed E-state index contributed by atoms with van der Waals surface area (Å²) in [5, 5.41) is 15.7. The summed E-state index contributed by atoms with van der Waals surface area (Å²) >= 11 is 0. The van der Waals surface area contributed by atoms with Crippen molar-refractivity contribution >= 4 is 11.9 Å². The highest BCUT2D eigenvalue weighted by Crippen LogP contribution is 2.25. The predicted octanol–water partition coefficient (Wildman–Crippen LogP) is -0.283. The third kappa shape index (κ3) is 1.73. The maximum atomic E-state index is 11.9. The number of carbonyl (C=O) groups is 2. The largest absolute Gasteiger partial charge is 0.322 e. The third-order valence-corrected chi connectivity index (χ3v) is 3.08. The molecule has 8 heteroatoms. The van der Waals surface area contributed by atoms with Crippen LogP contribution in [0.2, 0.25) is 0 Å². The Morgan fingerprint density at radius 2 is 2.16 bits per heavy atom. The van der Waals surface area contributed by atoms with Crippen molar-refractivity contribution in [2.45, 2.75) is 12.5 Å². The van der Waals surface area contributed by atoms with Crippen molar-refractivity contribution in [3.05, 3.63) is 36.2 Å². The van der Waals surface area contributed by atoms with Gasteiger partial charge in [0.2, 0.25) is 0 Å². The highest BCUT2D eigenvalue weighted by atomic mass is 16.2. The van der Waals surface area contributed by atoms with E-state index in [9.17, 15) is 9.59 Å². The zero-order valence-electron chi connectivity index (χ0n) is 9.99. The van der Waals surface area contributed by atoms with Crippen LogP contribution in [0.25, 0.3) is 5.69 Å². The number of hydrogen-bond donors (Lipinski definition) is 2. The maximum absolute atomic E-state index is 11.9. The summed E-state index contributed by atoms with van der Waals surface area (Å²) in [6, 6.07) is 6.59. The Labute approximate surface area is 107 Å². The minimum atomic E-state index is -1.08. The SMILES string of the molecule is C[C@@]1(c2cccc(-n3cnnn3)c2)NC(=O)NC1=O. The summed E-state index contributed by atoms with van der Waals surface area (Å²) in [5.41, 5.74) is 0.280. The van der Waals surface area contributed by atoms with Gasteiger partial charge in [0, 0.05) is 0 Å². The molecular formula is C11H10N6O2. The molecule has 2 aromatic rings. The van der Waals surface area contributed by atoms with Crippen molar-refractivity contribution in [2.75, 3.05) is 0 Å². The van der Waals surface area contributed by atoms with Crippen LogP contribution in [-0.4, -0.2) is 32.1 Å². The van der Waals surface area contributed by atoms with E-state index in [-0.39, 0.29) is 5.91 Å². The highest BCUT2D eigenvalue weighted by molar-refractivity contribution is 6.07. The normalized spacial score (nSPS) is 22.2. The number of imide groups is 1. The number of amides is 3. The third-order valence-electron chi connectivity index (χ3n) is 3.08. The van der Waals surface area contributed by atoms with Crippen molar-refractivity contribution < 1.29 is 9.59 Å². The lowest BCUT2D eigenvalue weighted by molar-refractivity contribution is -0.123. The number of rotatable bonds is 2. The smallest absolute Gasteiger partial charge is 0.320 e. The first-order valence-electron chi connectivity index (χ1n) is 5.57. The molecule has 1 aromatic carbocycles. The van der Waals surface area contributed by atoms with Gasteiger partial charge in [-0.2, -0.15) is 0 Å². The molecule has 1 aromatic heterocycles. The molecule has 0 spiro atoms. The molecule has 0 aliphatic carbocycles. The van der Waals surface area contributed by atoms with Crippen LogP contribution >= 0.6 is 0 Å². The topological polar surface area (TPSA) is 102 Å². The van der Waals surface area contributed by atoms with E-state index < -0.39 is 11.6 Å². The standard InChI is InChI=1S/C11H10N6O2/c1-11(9(18)13-10(19)14-11)7-3-2-4-8(5-7)17-6-12-15-16-17/h2-6H,1H3,(H2,13,14,18,19)/t11-/m0/s1. The van der Waals surface area contributed by atoms with Gasteiger partial charge in [0.05, 0.1) is 5.69 Å². The molecule has 0 unspecified atom stereocenters. The molecule has 1 atom stereocenters. The Bertz CT molecular complexity index is 653. The first kappa shape index (κ1) is 11.3. The molecular weight excluding hydrogens is 248 g/mol. The van der Waals surface area contributed by atoms with Crippen LogP contribution in [0, 0.1) is 0 Å². The average Bonchev–Trinajstić information content (AvgIpc) is 2.99. The zero-order chi connectivity index (χ0) is 13.5. The zero-order valence-corrected chi connectivity index (χ0v) is 9.99. The second-order valence-electron chi connectivity index (χ2n) is 4.34. The number of nitrogens with one attached hydrogen (secondary N) is 2. The highest BCUT2D eigenvalue weighted by Gasteiger charge is 2.43. The summed E-state index contributed by atoms with van der Waals surface area (Å²) < 4.78 is 1.47. The number of aromatic nitrogens is 4. The van der Waals surface area contributed by atoms with Crippen molar-refractivity contribution in [2.24, 2.45) is 0 Å². The molecule has 1 aliphatic rings. The number of urea groups is 1. The Morgan fingerprint density at radius 3 is 2.79 bits per heavy atom. The molecule has 3 amide bonds. The molecule has 1 aliphatic heterocycles. The predicted molar refractivity (Wildman–Crippen MR) is 63.2 cm³/mol. The van der Waals surface area contributed by atoms with Gasteiger partial charge in [0.1, 0.15) is 11.9 Å². The summed E-state index contributed by atoms with van der Waals surface area (Å²) in [5.74, 6) is -0.383. The number of carbonyl (C=O) groups excluding carboxylic acids is 2. The minimum Gasteiger partial charge on any atom is -0.320 e. The van der Waals surface area contributed by atoms with Crippen LogP contribution < -0.4 is 10.6 Å². The molecule has 19 heavy (non-hydrogen) atoms. The van der Waals surface area contributed by atoms with Crippen LogP contribution in [0.4, 0.5) is 4.79 Å². The van der Waals surface area contributed by atoms with Gasteiger partial charge < -0.3 is 5.32 Å². The maximum Gasteiger partial charge on any atom is 0.322 e.